The highest BCUT2D eigenvalue weighted by Crippen LogP contribution is 2.29. The summed E-state index contributed by atoms with van der Waals surface area (Å²) in [6, 6.07) is 4.62. The van der Waals surface area contributed by atoms with Crippen molar-refractivity contribution in [2.45, 2.75) is 45.3 Å². The first-order valence-electron chi connectivity index (χ1n) is 8.54. The first-order valence-corrected chi connectivity index (χ1v) is 9.42. The Bertz CT molecular complexity index is 727. The summed E-state index contributed by atoms with van der Waals surface area (Å²) >= 11 is 1.73. The first-order chi connectivity index (χ1) is 11.7. The highest BCUT2D eigenvalue weighted by molar-refractivity contribution is 7.09. The van der Waals surface area contributed by atoms with Crippen molar-refractivity contribution in [1.29, 1.82) is 0 Å². The first kappa shape index (κ1) is 15.7. The van der Waals surface area contributed by atoms with Crippen LogP contribution in [0, 0.1) is 6.92 Å². The minimum absolute atomic E-state index is 0.250. The number of rotatable bonds is 5. The van der Waals surface area contributed by atoms with Crippen LogP contribution < -0.4 is 0 Å². The van der Waals surface area contributed by atoms with Crippen LogP contribution in [-0.2, 0) is 24.3 Å². The van der Waals surface area contributed by atoms with Gasteiger partial charge in [0.15, 0.2) is 0 Å². The lowest BCUT2D eigenvalue weighted by molar-refractivity contribution is -0.133. The molecular weight excluding hydrogens is 320 g/mol. The van der Waals surface area contributed by atoms with Gasteiger partial charge in [-0.15, -0.1) is 11.3 Å². The van der Waals surface area contributed by atoms with Crippen LogP contribution in [0.4, 0.5) is 0 Å². The number of aryl methyl sites for hydroxylation is 1. The number of hydrogen-bond donors (Lipinski definition) is 0. The Kier molecular flexibility index (Phi) is 4.33. The molecule has 24 heavy (non-hydrogen) atoms. The van der Waals surface area contributed by atoms with Crippen LogP contribution in [-0.4, -0.2) is 44.8 Å². The van der Waals surface area contributed by atoms with Gasteiger partial charge in [0.1, 0.15) is 5.82 Å². The fourth-order valence-electron chi connectivity index (χ4n) is 3.25. The summed E-state index contributed by atoms with van der Waals surface area (Å²) < 4.78 is 0. The average Bonchev–Trinajstić information content (AvgIpc) is 3.28. The van der Waals surface area contributed by atoms with Gasteiger partial charge in [-0.1, -0.05) is 6.07 Å². The zero-order valence-corrected chi connectivity index (χ0v) is 14.8. The van der Waals surface area contributed by atoms with Crippen LogP contribution in [0.15, 0.2) is 23.7 Å². The molecule has 126 valence electrons. The van der Waals surface area contributed by atoms with Crippen LogP contribution in [0.25, 0.3) is 0 Å². The highest BCUT2D eigenvalue weighted by Gasteiger charge is 2.33. The number of fused-ring (bicyclic) bond motifs is 1. The van der Waals surface area contributed by atoms with Gasteiger partial charge in [0, 0.05) is 30.2 Å². The Morgan fingerprint density at radius 3 is 3.08 bits per heavy atom. The number of thiophene rings is 1. The summed E-state index contributed by atoms with van der Waals surface area (Å²) in [6.07, 6.45) is 5.15. The molecular formula is C18H22N4OS. The molecule has 1 amide bonds. The number of carbonyl (C=O) groups excluding carboxylic acids is 1. The van der Waals surface area contributed by atoms with Gasteiger partial charge in [0.05, 0.1) is 18.8 Å². The predicted octanol–water partition coefficient (Wildman–Crippen LogP) is 2.40. The van der Waals surface area contributed by atoms with Crippen molar-refractivity contribution >= 4 is 17.2 Å². The summed E-state index contributed by atoms with van der Waals surface area (Å²) in [5.74, 6) is 1.05. The Hall–Kier alpha value is -1.79. The molecule has 2 aliphatic rings. The topological polar surface area (TPSA) is 49.3 Å². The molecule has 2 aromatic rings. The molecule has 0 aromatic carbocycles. The summed E-state index contributed by atoms with van der Waals surface area (Å²) in [7, 11) is 0. The largest absolute Gasteiger partial charge is 0.333 e. The standard InChI is InChI=1S/C18H22N4OS/c1-13-19-9-14-6-7-21(11-17(14)20-13)12-18(23)22(15-4-5-15)10-16-3-2-8-24-16/h2-3,8-9,15H,4-7,10-12H2,1H3. The van der Waals surface area contributed by atoms with Crippen LogP contribution in [0.5, 0.6) is 0 Å². The Morgan fingerprint density at radius 1 is 1.46 bits per heavy atom. The smallest absolute Gasteiger partial charge is 0.237 e. The van der Waals surface area contributed by atoms with Crippen molar-refractivity contribution in [1.82, 2.24) is 19.8 Å². The number of amides is 1. The third-order valence-electron chi connectivity index (χ3n) is 4.72. The van der Waals surface area contributed by atoms with E-state index in [0.29, 0.717) is 12.6 Å². The van der Waals surface area contributed by atoms with E-state index in [1.807, 2.05) is 13.1 Å². The predicted molar refractivity (Wildman–Crippen MR) is 93.6 cm³/mol. The molecule has 0 N–H and O–H groups in total. The van der Waals surface area contributed by atoms with Crippen LogP contribution in [0.3, 0.4) is 0 Å². The van der Waals surface area contributed by atoms with E-state index in [4.69, 9.17) is 0 Å². The van der Waals surface area contributed by atoms with Gasteiger partial charge in [0.2, 0.25) is 5.91 Å². The molecule has 0 saturated heterocycles. The number of hydrogen-bond acceptors (Lipinski definition) is 5. The van der Waals surface area contributed by atoms with E-state index in [0.717, 1.165) is 50.4 Å². The van der Waals surface area contributed by atoms with Crippen molar-refractivity contribution in [3.8, 4) is 0 Å². The summed E-state index contributed by atoms with van der Waals surface area (Å²) in [6.45, 7) is 4.82. The molecule has 0 unspecified atom stereocenters. The lowest BCUT2D eigenvalue weighted by atomic mass is 10.1. The zero-order chi connectivity index (χ0) is 16.5. The normalized spacial score (nSPS) is 17.5. The van der Waals surface area contributed by atoms with Gasteiger partial charge < -0.3 is 4.90 Å². The molecule has 0 atom stereocenters. The van der Waals surface area contributed by atoms with Crippen LogP contribution >= 0.6 is 11.3 Å². The molecule has 0 bridgehead atoms. The van der Waals surface area contributed by atoms with E-state index in [-0.39, 0.29) is 5.91 Å². The van der Waals surface area contributed by atoms with Crippen molar-refractivity contribution in [3.63, 3.8) is 0 Å². The third kappa shape index (κ3) is 3.49. The lowest BCUT2D eigenvalue weighted by Gasteiger charge is -2.30. The molecule has 0 spiro atoms. The van der Waals surface area contributed by atoms with Crippen molar-refractivity contribution in [2.75, 3.05) is 13.1 Å². The average molecular weight is 342 g/mol. The minimum atomic E-state index is 0.250. The number of carbonyl (C=O) groups is 1. The minimum Gasteiger partial charge on any atom is -0.333 e. The molecule has 0 radical (unpaired) electrons. The monoisotopic (exact) mass is 342 g/mol. The second kappa shape index (κ2) is 6.61. The summed E-state index contributed by atoms with van der Waals surface area (Å²) in [5, 5.41) is 2.08. The van der Waals surface area contributed by atoms with Gasteiger partial charge in [-0.25, -0.2) is 9.97 Å². The second-order valence-electron chi connectivity index (χ2n) is 6.68. The highest BCUT2D eigenvalue weighted by atomic mass is 32.1. The molecule has 3 heterocycles. The summed E-state index contributed by atoms with van der Waals surface area (Å²) in [4.78, 5) is 27.2. The van der Waals surface area contributed by atoms with Crippen molar-refractivity contribution < 1.29 is 4.79 Å². The molecule has 2 aromatic heterocycles. The molecule has 1 saturated carbocycles. The van der Waals surface area contributed by atoms with E-state index in [2.05, 4.69) is 37.3 Å². The lowest BCUT2D eigenvalue weighted by Crippen LogP contribution is -2.43. The van der Waals surface area contributed by atoms with E-state index >= 15 is 0 Å². The Morgan fingerprint density at radius 2 is 2.33 bits per heavy atom. The third-order valence-corrected chi connectivity index (χ3v) is 5.58. The SMILES string of the molecule is Cc1ncc2c(n1)CN(CC(=O)N(Cc1cccs1)C1CC1)CC2. The van der Waals surface area contributed by atoms with Gasteiger partial charge >= 0.3 is 0 Å². The van der Waals surface area contributed by atoms with Gasteiger partial charge in [-0.05, 0) is 43.2 Å². The molecule has 5 nitrogen and oxygen atoms in total. The molecule has 6 heteroatoms. The maximum Gasteiger partial charge on any atom is 0.237 e. The van der Waals surface area contributed by atoms with E-state index in [1.54, 1.807) is 11.3 Å². The van der Waals surface area contributed by atoms with Crippen molar-refractivity contribution in [3.05, 3.63) is 45.7 Å². The maximum atomic E-state index is 12.9. The van der Waals surface area contributed by atoms with Crippen LogP contribution in [0.2, 0.25) is 0 Å². The number of nitrogens with zero attached hydrogens (tertiary/aromatic N) is 4. The van der Waals surface area contributed by atoms with Gasteiger partial charge in [0.25, 0.3) is 0 Å². The summed E-state index contributed by atoms with van der Waals surface area (Å²) in [5.41, 5.74) is 2.31. The fourth-order valence-corrected chi connectivity index (χ4v) is 3.95. The Balaban J connectivity index is 1.41. The molecule has 1 aliphatic heterocycles. The van der Waals surface area contributed by atoms with Gasteiger partial charge in [-0.3, -0.25) is 9.69 Å². The molecule has 1 fully saturated rings. The number of aromatic nitrogens is 2. The second-order valence-corrected chi connectivity index (χ2v) is 7.71. The van der Waals surface area contributed by atoms with Gasteiger partial charge in [-0.2, -0.15) is 0 Å². The zero-order valence-electron chi connectivity index (χ0n) is 13.9. The van der Waals surface area contributed by atoms with Crippen LogP contribution in [0.1, 0.15) is 34.8 Å². The van der Waals surface area contributed by atoms with E-state index < -0.39 is 0 Å². The fraction of sp³-hybridized carbons (Fsp3) is 0.500. The quantitative estimate of drug-likeness (QED) is 0.837. The van der Waals surface area contributed by atoms with Crippen molar-refractivity contribution in [2.24, 2.45) is 0 Å². The van der Waals surface area contributed by atoms with E-state index in [9.17, 15) is 4.79 Å². The maximum absolute atomic E-state index is 12.9. The Labute approximate surface area is 146 Å². The molecule has 1 aliphatic carbocycles. The molecule has 4 rings (SSSR count). The van der Waals surface area contributed by atoms with E-state index in [1.165, 1.54) is 10.4 Å².